The van der Waals surface area contributed by atoms with Crippen LogP contribution in [0.2, 0.25) is 0 Å². The molecule has 1 aromatic carbocycles. The van der Waals surface area contributed by atoms with E-state index in [4.69, 9.17) is 0 Å². The van der Waals surface area contributed by atoms with E-state index in [9.17, 15) is 0 Å². The third kappa shape index (κ3) is 2.73. The van der Waals surface area contributed by atoms with Gasteiger partial charge in [-0.3, -0.25) is 0 Å². The first-order valence-electron chi connectivity index (χ1n) is 6.59. The van der Waals surface area contributed by atoms with Gasteiger partial charge in [-0.15, -0.1) is 11.3 Å². The van der Waals surface area contributed by atoms with Crippen molar-refractivity contribution >= 4 is 21.4 Å². The van der Waals surface area contributed by atoms with E-state index in [1.807, 2.05) is 0 Å². The summed E-state index contributed by atoms with van der Waals surface area (Å²) in [6, 6.07) is 8.44. The van der Waals surface area contributed by atoms with E-state index in [2.05, 4.69) is 60.1 Å². The van der Waals surface area contributed by atoms with Gasteiger partial charge in [-0.05, 0) is 18.9 Å². The van der Waals surface area contributed by atoms with E-state index in [0.29, 0.717) is 0 Å². The lowest BCUT2D eigenvalue weighted by atomic mass is 10.1. The fourth-order valence-electron chi connectivity index (χ4n) is 2.10. The summed E-state index contributed by atoms with van der Waals surface area (Å²) in [4.78, 5) is 1.12. The second kappa shape index (κ2) is 5.79. The summed E-state index contributed by atoms with van der Waals surface area (Å²) < 4.78 is 1.28. The van der Waals surface area contributed by atoms with Gasteiger partial charge in [-0.25, -0.2) is 0 Å². The van der Waals surface area contributed by atoms with Crippen LogP contribution in [0.5, 0.6) is 0 Å². The molecular weight excluding hydrogens is 248 g/mol. The van der Waals surface area contributed by atoms with Crippen LogP contribution < -0.4 is 0 Å². The Balaban J connectivity index is 2.12. The van der Waals surface area contributed by atoms with Gasteiger partial charge in [0.2, 0.25) is 0 Å². The summed E-state index contributed by atoms with van der Waals surface area (Å²) in [7, 11) is 0. The maximum Gasteiger partial charge on any atom is 0.0937 e. The van der Waals surface area contributed by atoms with Crippen molar-refractivity contribution in [2.75, 3.05) is 0 Å². The molecule has 0 spiro atoms. The number of thiophene rings is 1. The van der Waals surface area contributed by atoms with Crippen LogP contribution in [-0.2, 0) is 0 Å². The highest BCUT2D eigenvalue weighted by molar-refractivity contribution is 7.19. The average Bonchev–Trinajstić information content (AvgIpc) is 2.77. The van der Waals surface area contributed by atoms with Crippen LogP contribution in [0.1, 0.15) is 36.1 Å². The molecule has 19 heavy (non-hydrogen) atoms. The zero-order valence-electron chi connectivity index (χ0n) is 10.7. The fourth-order valence-corrected chi connectivity index (χ4v) is 3.13. The smallest absolute Gasteiger partial charge is 0.0937 e. The lowest BCUT2D eigenvalue weighted by Gasteiger charge is -1.91. The molecule has 0 bridgehead atoms. The van der Waals surface area contributed by atoms with Crippen LogP contribution in [0.25, 0.3) is 10.1 Å². The Bertz CT molecular complexity index is 739. The first kappa shape index (κ1) is 12.1. The molecule has 0 N–H and O–H groups in total. The zero-order chi connectivity index (χ0) is 12.9. The molecule has 1 heterocycles. The summed E-state index contributed by atoms with van der Waals surface area (Å²) in [6.45, 7) is 0. The highest BCUT2D eigenvalue weighted by Crippen LogP contribution is 2.30. The van der Waals surface area contributed by atoms with E-state index >= 15 is 0 Å². The Kier molecular flexibility index (Phi) is 3.68. The average molecular weight is 262 g/mol. The molecule has 0 nitrogen and oxygen atoms in total. The monoisotopic (exact) mass is 262 g/mol. The molecule has 0 fully saturated rings. The minimum atomic E-state index is 0.924. The predicted molar refractivity (Wildman–Crippen MR) is 83.2 cm³/mol. The van der Waals surface area contributed by atoms with Crippen molar-refractivity contribution in [2.24, 2.45) is 0 Å². The molecule has 1 aromatic heterocycles. The van der Waals surface area contributed by atoms with Crippen LogP contribution in [0.4, 0.5) is 0 Å². The van der Waals surface area contributed by atoms with Gasteiger partial charge in [0.05, 0.1) is 10.4 Å². The van der Waals surface area contributed by atoms with Gasteiger partial charge in [-0.1, -0.05) is 54.0 Å². The summed E-state index contributed by atoms with van der Waals surface area (Å²) in [5.41, 5.74) is 1.12. The molecule has 92 valence electrons. The third-order valence-electron chi connectivity index (χ3n) is 3.05. The molecule has 0 saturated carbocycles. The van der Waals surface area contributed by atoms with E-state index in [1.165, 1.54) is 10.1 Å². The van der Waals surface area contributed by atoms with E-state index in [0.717, 1.165) is 36.1 Å². The van der Waals surface area contributed by atoms with Crippen LogP contribution >= 0.6 is 11.3 Å². The number of benzene rings is 1. The van der Waals surface area contributed by atoms with Crippen molar-refractivity contribution in [3.8, 4) is 23.7 Å². The highest BCUT2D eigenvalue weighted by Gasteiger charge is 2.07. The minimum absolute atomic E-state index is 0.924. The van der Waals surface area contributed by atoms with E-state index in [1.54, 1.807) is 11.3 Å². The number of fused-ring (bicyclic) bond motifs is 3. The second-order valence-corrected chi connectivity index (χ2v) is 5.51. The van der Waals surface area contributed by atoms with E-state index in [-0.39, 0.29) is 0 Å². The second-order valence-electron chi connectivity index (χ2n) is 4.45. The van der Waals surface area contributed by atoms with E-state index < -0.39 is 0 Å². The summed E-state index contributed by atoms with van der Waals surface area (Å²) in [5.74, 6) is 13.2. The Morgan fingerprint density at radius 1 is 0.895 bits per heavy atom. The molecule has 0 aliphatic heterocycles. The van der Waals surface area contributed by atoms with Crippen molar-refractivity contribution in [3.05, 3.63) is 46.9 Å². The van der Waals surface area contributed by atoms with Crippen molar-refractivity contribution in [2.45, 2.75) is 25.7 Å². The Morgan fingerprint density at radius 3 is 2.47 bits per heavy atom. The molecule has 1 heteroatoms. The Morgan fingerprint density at radius 2 is 1.63 bits per heavy atom. The Labute approximate surface area is 118 Å². The summed E-state index contributed by atoms with van der Waals surface area (Å²) in [5, 5.41) is 1.25. The topological polar surface area (TPSA) is 0 Å². The van der Waals surface area contributed by atoms with Gasteiger partial charge < -0.3 is 0 Å². The molecule has 3 rings (SSSR count). The predicted octanol–water partition coefficient (Wildman–Crippen LogP) is 4.73. The van der Waals surface area contributed by atoms with Gasteiger partial charge >= 0.3 is 0 Å². The molecule has 0 amide bonds. The van der Waals surface area contributed by atoms with Crippen molar-refractivity contribution in [1.82, 2.24) is 0 Å². The summed E-state index contributed by atoms with van der Waals surface area (Å²) in [6.07, 6.45) is 8.36. The summed E-state index contributed by atoms with van der Waals surface area (Å²) >= 11 is 1.76. The maximum absolute atomic E-state index is 3.33. The number of hydrogen-bond donors (Lipinski definition) is 0. The Hall–Kier alpha value is -1.96. The quantitative estimate of drug-likeness (QED) is 0.475. The van der Waals surface area contributed by atoms with Crippen molar-refractivity contribution < 1.29 is 0 Å². The van der Waals surface area contributed by atoms with Crippen molar-refractivity contribution in [1.29, 1.82) is 0 Å². The normalized spacial score (nSPS) is 16.0. The number of allylic oxidation sites excluding steroid dienone is 2. The van der Waals surface area contributed by atoms with Crippen molar-refractivity contribution in [3.63, 3.8) is 0 Å². The zero-order valence-corrected chi connectivity index (χ0v) is 11.5. The number of hydrogen-bond acceptors (Lipinski definition) is 1. The lowest BCUT2D eigenvalue weighted by molar-refractivity contribution is 1.03. The van der Waals surface area contributed by atoms with Crippen LogP contribution in [-0.4, -0.2) is 0 Å². The van der Waals surface area contributed by atoms with Gasteiger partial charge in [0.15, 0.2) is 0 Å². The van der Waals surface area contributed by atoms with Crippen LogP contribution in [0.3, 0.4) is 0 Å². The number of rotatable bonds is 0. The molecule has 0 unspecified atom stereocenters. The third-order valence-corrected chi connectivity index (χ3v) is 4.14. The lowest BCUT2D eigenvalue weighted by Crippen LogP contribution is -1.78. The molecule has 0 atom stereocenters. The largest absolute Gasteiger partial charge is 0.125 e. The van der Waals surface area contributed by atoms with Gasteiger partial charge in [0, 0.05) is 22.9 Å². The molecule has 1 aliphatic rings. The first-order chi connectivity index (χ1) is 9.45. The highest BCUT2D eigenvalue weighted by atomic mass is 32.1. The first-order valence-corrected chi connectivity index (χ1v) is 7.41. The standard InChI is InChI=1S/C18H14S/c1-2-4-6-8-13-17-15(11-7-5-3-1)16-12-9-10-14-18(16)19-17/h1-2,9-10,12,14H,3-6H2/b2-1-. The molecular formula is C18H14S. The minimum Gasteiger partial charge on any atom is -0.125 e. The molecule has 1 aliphatic carbocycles. The fraction of sp³-hybridized carbons (Fsp3) is 0.222. The molecule has 0 saturated heterocycles. The molecule has 2 aromatic rings. The molecule has 0 radical (unpaired) electrons. The SMILES string of the molecule is C1#Cc2sc3ccccc3c2C#CCC/C=C\CC1. The maximum atomic E-state index is 3.33. The van der Waals surface area contributed by atoms with Gasteiger partial charge in [0.25, 0.3) is 0 Å². The van der Waals surface area contributed by atoms with Crippen LogP contribution in [0.15, 0.2) is 36.4 Å². The van der Waals surface area contributed by atoms with Crippen LogP contribution in [0, 0.1) is 23.7 Å². The van der Waals surface area contributed by atoms with Gasteiger partial charge in [0.1, 0.15) is 0 Å². The van der Waals surface area contributed by atoms with Gasteiger partial charge in [-0.2, -0.15) is 0 Å².